The zero-order valence-corrected chi connectivity index (χ0v) is 13.0. The van der Waals surface area contributed by atoms with Gasteiger partial charge in [-0.1, -0.05) is 12.1 Å². The van der Waals surface area contributed by atoms with Crippen molar-refractivity contribution in [2.75, 3.05) is 26.3 Å². The Bertz CT molecular complexity index is 529. The van der Waals surface area contributed by atoms with Crippen molar-refractivity contribution in [2.45, 2.75) is 12.0 Å². The van der Waals surface area contributed by atoms with Crippen molar-refractivity contribution in [3.63, 3.8) is 0 Å². The van der Waals surface area contributed by atoms with Gasteiger partial charge in [-0.2, -0.15) is 0 Å². The topological polar surface area (TPSA) is 87.7 Å². The molecule has 2 amide bonds. The van der Waals surface area contributed by atoms with Crippen molar-refractivity contribution in [1.29, 1.82) is 0 Å². The second-order valence-electron chi connectivity index (χ2n) is 4.97. The van der Waals surface area contributed by atoms with Crippen molar-refractivity contribution >= 4 is 27.7 Å². The SMILES string of the molecule is O=C(CNC(=O)c1ccccc1Br)NCC1(O)CCOC1. The van der Waals surface area contributed by atoms with Gasteiger partial charge in [0.2, 0.25) is 5.91 Å². The summed E-state index contributed by atoms with van der Waals surface area (Å²) in [6.07, 6.45) is 0.497. The van der Waals surface area contributed by atoms with E-state index in [1.165, 1.54) is 0 Å². The van der Waals surface area contributed by atoms with Crippen LogP contribution in [0.15, 0.2) is 28.7 Å². The maximum absolute atomic E-state index is 11.9. The first kappa shape index (κ1) is 15.9. The minimum Gasteiger partial charge on any atom is -0.386 e. The number of carbonyl (C=O) groups is 2. The average molecular weight is 357 g/mol. The van der Waals surface area contributed by atoms with Crippen LogP contribution in [0.4, 0.5) is 0 Å². The van der Waals surface area contributed by atoms with Crippen LogP contribution >= 0.6 is 15.9 Å². The first-order valence-corrected chi connectivity index (χ1v) is 7.39. The summed E-state index contributed by atoms with van der Waals surface area (Å²) in [5, 5.41) is 15.1. The Morgan fingerprint density at radius 3 is 2.76 bits per heavy atom. The molecule has 6 nitrogen and oxygen atoms in total. The fourth-order valence-corrected chi connectivity index (χ4v) is 2.43. The Kier molecular flexibility index (Phi) is 5.33. The molecule has 0 aliphatic carbocycles. The number of amides is 2. The highest BCUT2D eigenvalue weighted by molar-refractivity contribution is 9.10. The fourth-order valence-electron chi connectivity index (χ4n) is 1.96. The molecule has 0 aromatic heterocycles. The monoisotopic (exact) mass is 356 g/mol. The van der Waals surface area contributed by atoms with Gasteiger partial charge in [0, 0.05) is 24.0 Å². The maximum atomic E-state index is 11.9. The molecular formula is C14H17BrN2O4. The van der Waals surface area contributed by atoms with Gasteiger partial charge < -0.3 is 20.5 Å². The van der Waals surface area contributed by atoms with Gasteiger partial charge in [0.15, 0.2) is 0 Å². The van der Waals surface area contributed by atoms with Crippen molar-refractivity contribution < 1.29 is 19.4 Å². The number of ether oxygens (including phenoxy) is 1. The van der Waals surface area contributed by atoms with Crippen LogP contribution in [0.3, 0.4) is 0 Å². The lowest BCUT2D eigenvalue weighted by Crippen LogP contribution is -2.46. The van der Waals surface area contributed by atoms with Gasteiger partial charge >= 0.3 is 0 Å². The summed E-state index contributed by atoms with van der Waals surface area (Å²) in [6, 6.07) is 6.97. The third-order valence-electron chi connectivity index (χ3n) is 3.23. The van der Waals surface area contributed by atoms with Gasteiger partial charge in [0.1, 0.15) is 5.60 Å². The van der Waals surface area contributed by atoms with E-state index in [0.717, 1.165) is 0 Å². The van der Waals surface area contributed by atoms with E-state index in [-0.39, 0.29) is 31.5 Å². The molecule has 21 heavy (non-hydrogen) atoms. The molecule has 0 saturated carbocycles. The fraction of sp³-hybridized carbons (Fsp3) is 0.429. The number of benzene rings is 1. The standard InChI is InChI=1S/C14H17BrN2O4/c15-11-4-2-1-3-10(11)13(19)16-7-12(18)17-8-14(20)5-6-21-9-14/h1-4,20H,5-9H2,(H,16,19)(H,17,18). The molecule has 1 aliphatic heterocycles. The number of aliphatic hydroxyl groups is 1. The first-order valence-electron chi connectivity index (χ1n) is 6.60. The minimum atomic E-state index is -0.998. The predicted octanol–water partition coefficient (Wildman–Crippen LogP) is 0.447. The van der Waals surface area contributed by atoms with Gasteiger partial charge in [-0.15, -0.1) is 0 Å². The van der Waals surface area contributed by atoms with E-state index < -0.39 is 5.60 Å². The highest BCUT2D eigenvalue weighted by Crippen LogP contribution is 2.17. The largest absolute Gasteiger partial charge is 0.386 e. The lowest BCUT2D eigenvalue weighted by Gasteiger charge is -2.20. The van der Waals surface area contributed by atoms with Crippen molar-refractivity contribution in [1.82, 2.24) is 10.6 Å². The van der Waals surface area contributed by atoms with E-state index in [2.05, 4.69) is 26.6 Å². The van der Waals surface area contributed by atoms with E-state index in [0.29, 0.717) is 23.1 Å². The van der Waals surface area contributed by atoms with E-state index in [9.17, 15) is 14.7 Å². The predicted molar refractivity (Wildman–Crippen MR) is 79.9 cm³/mol. The zero-order valence-electron chi connectivity index (χ0n) is 11.4. The molecular weight excluding hydrogens is 340 g/mol. The van der Waals surface area contributed by atoms with Crippen molar-refractivity contribution in [3.05, 3.63) is 34.3 Å². The number of rotatable bonds is 5. The molecule has 0 radical (unpaired) electrons. The lowest BCUT2D eigenvalue weighted by atomic mass is 10.0. The summed E-state index contributed by atoms with van der Waals surface area (Å²) >= 11 is 3.28. The lowest BCUT2D eigenvalue weighted by molar-refractivity contribution is -0.121. The highest BCUT2D eigenvalue weighted by Gasteiger charge is 2.32. The van der Waals surface area contributed by atoms with Gasteiger partial charge in [-0.3, -0.25) is 9.59 Å². The number of hydrogen-bond donors (Lipinski definition) is 3. The number of halogens is 1. The third kappa shape index (κ3) is 4.52. The molecule has 1 fully saturated rings. The molecule has 114 valence electrons. The molecule has 1 aromatic carbocycles. The first-order chi connectivity index (χ1) is 10.0. The van der Waals surface area contributed by atoms with Gasteiger partial charge in [0.25, 0.3) is 5.91 Å². The molecule has 0 spiro atoms. The van der Waals surface area contributed by atoms with Crippen molar-refractivity contribution in [2.24, 2.45) is 0 Å². The van der Waals surface area contributed by atoms with Crippen LogP contribution in [-0.2, 0) is 9.53 Å². The van der Waals surface area contributed by atoms with E-state index in [1.807, 2.05) is 0 Å². The number of carbonyl (C=O) groups excluding carboxylic acids is 2. The van der Waals surface area contributed by atoms with Crippen molar-refractivity contribution in [3.8, 4) is 0 Å². The molecule has 0 bridgehead atoms. The van der Waals surface area contributed by atoms with E-state index >= 15 is 0 Å². The van der Waals surface area contributed by atoms with Crippen LogP contribution in [0.2, 0.25) is 0 Å². The molecule has 1 saturated heterocycles. The molecule has 1 heterocycles. The highest BCUT2D eigenvalue weighted by atomic mass is 79.9. The summed E-state index contributed by atoms with van der Waals surface area (Å²) in [4.78, 5) is 23.6. The van der Waals surface area contributed by atoms with Gasteiger partial charge in [-0.25, -0.2) is 0 Å². The molecule has 7 heteroatoms. The summed E-state index contributed by atoms with van der Waals surface area (Å²) in [5.41, 5.74) is -0.532. The zero-order chi connectivity index (χ0) is 15.3. The molecule has 3 N–H and O–H groups in total. The molecule has 1 atom stereocenters. The van der Waals surface area contributed by atoms with E-state index in [4.69, 9.17) is 4.74 Å². The molecule has 1 unspecified atom stereocenters. The van der Waals surface area contributed by atoms with Crippen LogP contribution in [0.1, 0.15) is 16.8 Å². The van der Waals surface area contributed by atoms with Gasteiger partial charge in [0.05, 0.1) is 18.7 Å². The Morgan fingerprint density at radius 1 is 1.33 bits per heavy atom. The second-order valence-corrected chi connectivity index (χ2v) is 5.82. The number of nitrogens with one attached hydrogen (secondary N) is 2. The molecule has 1 aliphatic rings. The normalized spacial score (nSPS) is 21.0. The third-order valence-corrected chi connectivity index (χ3v) is 3.92. The summed E-state index contributed by atoms with van der Waals surface area (Å²) < 4.78 is 5.75. The van der Waals surface area contributed by atoms with Crippen LogP contribution in [0.5, 0.6) is 0 Å². The quantitative estimate of drug-likeness (QED) is 0.714. The Labute approximate surface area is 131 Å². The smallest absolute Gasteiger partial charge is 0.252 e. The molecule has 2 rings (SSSR count). The summed E-state index contributed by atoms with van der Waals surface area (Å²) in [5.74, 6) is -0.684. The summed E-state index contributed by atoms with van der Waals surface area (Å²) in [7, 11) is 0. The minimum absolute atomic E-state index is 0.122. The average Bonchev–Trinajstić information content (AvgIpc) is 2.90. The second kappa shape index (κ2) is 7.02. The Morgan fingerprint density at radius 2 is 2.10 bits per heavy atom. The Hall–Kier alpha value is -1.44. The van der Waals surface area contributed by atoms with Crippen LogP contribution in [-0.4, -0.2) is 48.8 Å². The van der Waals surface area contributed by atoms with Crippen LogP contribution in [0.25, 0.3) is 0 Å². The van der Waals surface area contributed by atoms with Crippen LogP contribution < -0.4 is 10.6 Å². The Balaban J connectivity index is 1.76. The van der Waals surface area contributed by atoms with Gasteiger partial charge in [-0.05, 0) is 28.1 Å². The maximum Gasteiger partial charge on any atom is 0.252 e. The number of hydrogen-bond acceptors (Lipinski definition) is 4. The van der Waals surface area contributed by atoms with Crippen LogP contribution in [0, 0.1) is 0 Å². The summed E-state index contributed by atoms with van der Waals surface area (Å²) in [6.45, 7) is 0.690. The van der Waals surface area contributed by atoms with E-state index in [1.54, 1.807) is 24.3 Å². The molecule has 1 aromatic rings.